The highest BCUT2D eigenvalue weighted by atomic mass is 32.2. The molecule has 2 rings (SSSR count). The quantitative estimate of drug-likeness (QED) is 0.767. The predicted octanol–water partition coefficient (Wildman–Crippen LogP) is 1.59. The molecule has 1 heterocycles. The third kappa shape index (κ3) is 5.95. The molecule has 1 amide bonds. The van der Waals surface area contributed by atoms with Crippen molar-refractivity contribution in [3.8, 4) is 0 Å². The van der Waals surface area contributed by atoms with E-state index in [-0.39, 0.29) is 23.5 Å². The molecule has 1 unspecified atom stereocenters. The van der Waals surface area contributed by atoms with Crippen molar-refractivity contribution in [2.24, 2.45) is 0 Å². The molecule has 5 nitrogen and oxygen atoms in total. The van der Waals surface area contributed by atoms with Gasteiger partial charge < -0.3 is 5.32 Å². The number of carbonyl (C=O) groups excluding carboxylic acids is 1. The smallest absolute Gasteiger partial charge is 0.237 e. The third-order valence-corrected chi connectivity index (χ3v) is 5.92. The van der Waals surface area contributed by atoms with Crippen LogP contribution in [0, 0.1) is 0 Å². The standard InChI is InChI=1S/C17H26N2O3S/c1-19-12-6-5-10-16(19)17(20)18-11-7-13-23(21,22)14-15-8-3-2-4-9-15/h2-4,8-9,16H,5-7,10-14H2,1H3,(H,18,20). The molecular weight excluding hydrogens is 312 g/mol. The van der Waals surface area contributed by atoms with Gasteiger partial charge in [0, 0.05) is 6.54 Å². The van der Waals surface area contributed by atoms with E-state index in [2.05, 4.69) is 10.2 Å². The molecule has 0 radical (unpaired) electrons. The Morgan fingerprint density at radius 3 is 2.70 bits per heavy atom. The molecule has 1 aliphatic heterocycles. The van der Waals surface area contributed by atoms with Crippen molar-refractivity contribution in [2.75, 3.05) is 25.9 Å². The number of carbonyl (C=O) groups is 1. The van der Waals surface area contributed by atoms with E-state index in [9.17, 15) is 13.2 Å². The summed E-state index contributed by atoms with van der Waals surface area (Å²) in [6.07, 6.45) is 3.55. The molecule has 0 saturated carbocycles. The maximum Gasteiger partial charge on any atom is 0.237 e. The lowest BCUT2D eigenvalue weighted by molar-refractivity contribution is -0.126. The lowest BCUT2D eigenvalue weighted by Gasteiger charge is -2.31. The van der Waals surface area contributed by atoms with Crippen molar-refractivity contribution in [1.82, 2.24) is 10.2 Å². The van der Waals surface area contributed by atoms with Gasteiger partial charge in [0.2, 0.25) is 5.91 Å². The van der Waals surface area contributed by atoms with E-state index in [1.165, 1.54) is 0 Å². The maximum atomic E-state index is 12.1. The zero-order valence-electron chi connectivity index (χ0n) is 13.7. The number of piperidine rings is 1. The Balaban J connectivity index is 1.71. The molecule has 128 valence electrons. The number of sulfone groups is 1. The first-order chi connectivity index (χ1) is 11.0. The summed E-state index contributed by atoms with van der Waals surface area (Å²) in [7, 11) is -1.16. The fourth-order valence-electron chi connectivity index (χ4n) is 2.93. The average Bonchev–Trinajstić information content (AvgIpc) is 2.52. The molecule has 1 aliphatic rings. The van der Waals surface area contributed by atoms with Gasteiger partial charge in [-0.2, -0.15) is 0 Å². The first-order valence-corrected chi connectivity index (χ1v) is 10.0. The van der Waals surface area contributed by atoms with Gasteiger partial charge in [-0.3, -0.25) is 9.69 Å². The molecule has 1 saturated heterocycles. The van der Waals surface area contributed by atoms with Crippen molar-refractivity contribution in [3.63, 3.8) is 0 Å². The van der Waals surface area contributed by atoms with E-state index in [1.807, 2.05) is 37.4 Å². The van der Waals surface area contributed by atoms with Crippen LogP contribution in [0.5, 0.6) is 0 Å². The Hall–Kier alpha value is -1.40. The Morgan fingerprint density at radius 2 is 2.00 bits per heavy atom. The number of nitrogens with zero attached hydrogens (tertiary/aromatic N) is 1. The number of hydrogen-bond donors (Lipinski definition) is 1. The summed E-state index contributed by atoms with van der Waals surface area (Å²) in [6.45, 7) is 1.36. The summed E-state index contributed by atoms with van der Waals surface area (Å²) in [5.74, 6) is 0.184. The largest absolute Gasteiger partial charge is 0.355 e. The lowest BCUT2D eigenvalue weighted by Crippen LogP contribution is -2.47. The fourth-order valence-corrected chi connectivity index (χ4v) is 4.36. The summed E-state index contributed by atoms with van der Waals surface area (Å²) in [5.41, 5.74) is 0.806. The van der Waals surface area contributed by atoms with Crippen LogP contribution < -0.4 is 5.32 Å². The van der Waals surface area contributed by atoms with Crippen LogP contribution in [-0.4, -0.2) is 51.2 Å². The molecule has 0 aliphatic carbocycles. The highest BCUT2D eigenvalue weighted by Crippen LogP contribution is 2.14. The van der Waals surface area contributed by atoms with Crippen LogP contribution in [0.4, 0.5) is 0 Å². The number of likely N-dealkylation sites (N-methyl/N-ethyl adjacent to an activating group) is 1. The second kappa shape index (κ2) is 8.45. The molecule has 6 heteroatoms. The summed E-state index contributed by atoms with van der Waals surface area (Å²) in [4.78, 5) is 14.2. The summed E-state index contributed by atoms with van der Waals surface area (Å²) in [6, 6.07) is 9.12. The van der Waals surface area contributed by atoms with E-state index in [0.29, 0.717) is 13.0 Å². The molecule has 1 aromatic rings. The van der Waals surface area contributed by atoms with Crippen LogP contribution >= 0.6 is 0 Å². The van der Waals surface area contributed by atoms with Crippen LogP contribution in [0.15, 0.2) is 30.3 Å². The Morgan fingerprint density at radius 1 is 1.26 bits per heavy atom. The van der Waals surface area contributed by atoms with Gasteiger partial charge in [0.1, 0.15) is 0 Å². The van der Waals surface area contributed by atoms with Gasteiger partial charge in [0.05, 0.1) is 17.5 Å². The number of likely N-dealkylation sites (tertiary alicyclic amines) is 1. The normalized spacial score (nSPS) is 19.4. The number of hydrogen-bond acceptors (Lipinski definition) is 4. The molecule has 0 spiro atoms. The van der Waals surface area contributed by atoms with E-state index in [4.69, 9.17) is 0 Å². The van der Waals surface area contributed by atoms with Crippen LogP contribution in [0.3, 0.4) is 0 Å². The van der Waals surface area contributed by atoms with E-state index in [0.717, 1.165) is 31.4 Å². The van der Waals surface area contributed by atoms with Gasteiger partial charge in [0.25, 0.3) is 0 Å². The Labute approximate surface area is 139 Å². The van der Waals surface area contributed by atoms with Crippen LogP contribution in [0.25, 0.3) is 0 Å². The Kier molecular flexibility index (Phi) is 6.59. The second-order valence-corrected chi connectivity index (χ2v) is 8.40. The monoisotopic (exact) mass is 338 g/mol. The van der Waals surface area contributed by atoms with Crippen LogP contribution in [-0.2, 0) is 20.4 Å². The fraction of sp³-hybridized carbons (Fsp3) is 0.588. The molecule has 0 bridgehead atoms. The van der Waals surface area contributed by atoms with Crippen molar-refractivity contribution < 1.29 is 13.2 Å². The zero-order valence-corrected chi connectivity index (χ0v) is 14.5. The second-order valence-electron chi connectivity index (χ2n) is 6.21. The minimum atomic E-state index is -3.13. The maximum absolute atomic E-state index is 12.1. The average molecular weight is 338 g/mol. The summed E-state index contributed by atoms with van der Waals surface area (Å²) < 4.78 is 24.2. The van der Waals surface area contributed by atoms with Crippen LogP contribution in [0.1, 0.15) is 31.2 Å². The predicted molar refractivity (Wildman–Crippen MR) is 91.8 cm³/mol. The van der Waals surface area contributed by atoms with Crippen molar-refractivity contribution in [3.05, 3.63) is 35.9 Å². The topological polar surface area (TPSA) is 66.5 Å². The SMILES string of the molecule is CN1CCCCC1C(=O)NCCCS(=O)(=O)Cc1ccccc1. The van der Waals surface area contributed by atoms with Crippen molar-refractivity contribution in [1.29, 1.82) is 0 Å². The highest BCUT2D eigenvalue weighted by Gasteiger charge is 2.25. The van der Waals surface area contributed by atoms with Crippen LogP contribution in [0.2, 0.25) is 0 Å². The van der Waals surface area contributed by atoms with E-state index < -0.39 is 9.84 Å². The molecule has 1 atom stereocenters. The summed E-state index contributed by atoms with van der Waals surface area (Å²) >= 11 is 0. The molecule has 1 aromatic carbocycles. The van der Waals surface area contributed by atoms with Gasteiger partial charge in [-0.1, -0.05) is 36.8 Å². The van der Waals surface area contributed by atoms with Gasteiger partial charge in [-0.05, 0) is 38.4 Å². The molecule has 0 aromatic heterocycles. The number of amides is 1. The Bertz CT molecular complexity index is 602. The molecule has 1 fully saturated rings. The van der Waals surface area contributed by atoms with Gasteiger partial charge >= 0.3 is 0 Å². The number of benzene rings is 1. The lowest BCUT2D eigenvalue weighted by atomic mass is 10.0. The summed E-state index contributed by atoms with van der Waals surface area (Å²) in [5, 5.41) is 2.87. The van der Waals surface area contributed by atoms with Crippen molar-refractivity contribution >= 4 is 15.7 Å². The molecule has 23 heavy (non-hydrogen) atoms. The minimum absolute atomic E-state index is 0.0210. The first-order valence-electron chi connectivity index (χ1n) is 8.20. The number of nitrogens with one attached hydrogen (secondary N) is 1. The van der Waals surface area contributed by atoms with E-state index in [1.54, 1.807) is 0 Å². The minimum Gasteiger partial charge on any atom is -0.355 e. The highest BCUT2D eigenvalue weighted by molar-refractivity contribution is 7.90. The third-order valence-electron chi connectivity index (χ3n) is 4.23. The molecular formula is C17H26N2O3S. The van der Waals surface area contributed by atoms with E-state index >= 15 is 0 Å². The molecule has 1 N–H and O–H groups in total. The zero-order chi connectivity index (χ0) is 16.7. The number of rotatable bonds is 7. The van der Waals surface area contributed by atoms with Crippen molar-refractivity contribution in [2.45, 2.75) is 37.5 Å². The van der Waals surface area contributed by atoms with Gasteiger partial charge in [-0.25, -0.2) is 8.42 Å². The van der Waals surface area contributed by atoms with Gasteiger partial charge in [0.15, 0.2) is 9.84 Å². The van der Waals surface area contributed by atoms with Gasteiger partial charge in [-0.15, -0.1) is 0 Å². The first kappa shape index (κ1) is 17.9.